The van der Waals surface area contributed by atoms with Crippen LogP contribution in [0.25, 0.3) is 0 Å². The lowest BCUT2D eigenvalue weighted by molar-refractivity contribution is -0.158. The molecule has 0 fully saturated rings. The second kappa shape index (κ2) is 8.37. The summed E-state index contributed by atoms with van der Waals surface area (Å²) in [6.07, 6.45) is 0. The molecule has 0 spiro atoms. The molecule has 1 aromatic carbocycles. The molecule has 0 saturated carbocycles. The van der Waals surface area contributed by atoms with E-state index >= 15 is 0 Å². The zero-order valence-electron chi connectivity index (χ0n) is 14.1. The number of esters is 3. The predicted molar refractivity (Wildman–Crippen MR) is 80.3 cm³/mol. The van der Waals surface area contributed by atoms with Crippen molar-refractivity contribution >= 4 is 23.9 Å². The molecule has 1 N–H and O–H groups in total. The molecule has 0 bridgehead atoms. The Morgan fingerprint density at radius 3 is 1.88 bits per heavy atom. The molecule has 1 rings (SSSR count). The molecular weight excluding hydrogens is 358 g/mol. The molecule has 0 saturated heterocycles. The molecule has 0 amide bonds. The molecule has 8 nitrogen and oxygen atoms in total. The maximum atomic E-state index is 14.5. The van der Waals surface area contributed by atoms with E-state index in [1.807, 2.05) is 0 Å². The summed E-state index contributed by atoms with van der Waals surface area (Å²) in [7, 11) is 0.955. The van der Waals surface area contributed by atoms with Crippen LogP contribution in [-0.2, 0) is 34.0 Å². The van der Waals surface area contributed by atoms with E-state index in [-0.39, 0.29) is 0 Å². The van der Waals surface area contributed by atoms with Gasteiger partial charge in [0.2, 0.25) is 0 Å². The van der Waals surface area contributed by atoms with Crippen molar-refractivity contribution in [1.82, 2.24) is 0 Å². The molecule has 0 unspecified atom stereocenters. The molecule has 142 valence electrons. The zero-order chi connectivity index (χ0) is 20.1. The highest BCUT2D eigenvalue weighted by Gasteiger charge is 2.46. The topological polar surface area (TPSA) is 116 Å². The molecule has 0 aliphatic rings. The van der Waals surface area contributed by atoms with Crippen molar-refractivity contribution in [2.24, 2.45) is 0 Å². The first-order valence-corrected chi connectivity index (χ1v) is 7.13. The highest BCUT2D eigenvalue weighted by atomic mass is 19.1. The minimum Gasteiger partial charge on any atom is -0.480 e. The second-order valence-electron chi connectivity index (χ2n) is 5.25. The number of aliphatic carboxylic acids is 1. The number of methoxy groups -OCH3 is 1. The van der Waals surface area contributed by atoms with E-state index in [1.54, 1.807) is 0 Å². The first-order valence-electron chi connectivity index (χ1n) is 7.13. The van der Waals surface area contributed by atoms with Gasteiger partial charge in [0.15, 0.2) is 5.41 Å². The third-order valence-electron chi connectivity index (χ3n) is 3.43. The average molecular weight is 374 g/mol. The molecule has 1 aromatic rings. The van der Waals surface area contributed by atoms with Gasteiger partial charge in [0.05, 0.1) is 12.7 Å². The number of ether oxygens (including phenoxy) is 3. The first kappa shape index (κ1) is 21.0. The van der Waals surface area contributed by atoms with Gasteiger partial charge in [-0.3, -0.25) is 14.4 Å². The number of carboxylic acid groups (broad SMARTS) is 1. The largest absolute Gasteiger partial charge is 0.480 e. The summed E-state index contributed by atoms with van der Waals surface area (Å²) in [4.78, 5) is 45.4. The number of carboxylic acids is 1. The highest BCUT2D eigenvalue weighted by molar-refractivity contribution is 5.90. The quantitative estimate of drug-likeness (QED) is 0.559. The Hall–Kier alpha value is -3.04. The first-order chi connectivity index (χ1) is 12.0. The molecule has 0 aliphatic heterocycles. The van der Waals surface area contributed by atoms with Crippen molar-refractivity contribution in [1.29, 1.82) is 0 Å². The van der Waals surface area contributed by atoms with Crippen LogP contribution in [0.3, 0.4) is 0 Å². The third kappa shape index (κ3) is 4.52. The normalized spacial score (nSPS) is 10.8. The maximum absolute atomic E-state index is 14.5. The van der Waals surface area contributed by atoms with E-state index in [9.17, 15) is 33.1 Å². The number of hydrogen-bond donors (Lipinski definition) is 1. The van der Waals surface area contributed by atoms with Crippen LogP contribution in [0.5, 0.6) is 0 Å². The molecule has 10 heteroatoms. The lowest BCUT2D eigenvalue weighted by atomic mass is 9.81. The molecule has 0 atom stereocenters. The number of carbonyl (C=O) groups is 4. The van der Waals surface area contributed by atoms with Gasteiger partial charge in [-0.15, -0.1) is 0 Å². The van der Waals surface area contributed by atoms with E-state index in [0.29, 0.717) is 12.1 Å². The van der Waals surface area contributed by atoms with Crippen molar-refractivity contribution in [3.05, 3.63) is 34.9 Å². The van der Waals surface area contributed by atoms with Crippen LogP contribution in [0.1, 0.15) is 29.8 Å². The molecule has 0 aliphatic carbocycles. The average Bonchev–Trinajstić information content (AvgIpc) is 2.56. The van der Waals surface area contributed by atoms with Crippen LogP contribution in [0, 0.1) is 11.6 Å². The lowest BCUT2D eigenvalue weighted by Crippen LogP contribution is -2.46. The van der Waals surface area contributed by atoms with Gasteiger partial charge in [0.25, 0.3) is 0 Å². The summed E-state index contributed by atoms with van der Waals surface area (Å²) in [6, 6.07) is 0.915. The number of rotatable bonds is 7. The van der Waals surface area contributed by atoms with Gasteiger partial charge in [0, 0.05) is 19.4 Å². The lowest BCUT2D eigenvalue weighted by Gasteiger charge is -2.29. The fourth-order valence-corrected chi connectivity index (χ4v) is 2.07. The molecule has 0 heterocycles. The van der Waals surface area contributed by atoms with E-state index in [2.05, 4.69) is 14.2 Å². The SMILES string of the molecule is COC(=O)c1cc(F)c(C(COC(C)=O)(COC(C)=O)C(=O)O)cc1F. The van der Waals surface area contributed by atoms with Gasteiger partial charge in [-0.05, 0) is 12.1 Å². The monoisotopic (exact) mass is 374 g/mol. The Labute approximate surface area is 146 Å². The van der Waals surface area contributed by atoms with Crippen LogP contribution in [0.4, 0.5) is 8.78 Å². The molecule has 0 aromatic heterocycles. The van der Waals surface area contributed by atoms with Gasteiger partial charge in [0.1, 0.15) is 24.8 Å². The highest BCUT2D eigenvalue weighted by Crippen LogP contribution is 2.31. The summed E-state index contributed by atoms with van der Waals surface area (Å²) < 4.78 is 42.3. The third-order valence-corrected chi connectivity index (χ3v) is 3.43. The van der Waals surface area contributed by atoms with Crippen LogP contribution in [0.2, 0.25) is 0 Å². The molecular formula is C16H16F2O8. The number of halogens is 2. The summed E-state index contributed by atoms with van der Waals surface area (Å²) in [5, 5.41) is 9.58. The summed E-state index contributed by atoms with van der Waals surface area (Å²) in [5.41, 5.74) is -3.94. The van der Waals surface area contributed by atoms with Gasteiger partial charge in [-0.1, -0.05) is 0 Å². The Balaban J connectivity index is 3.56. The van der Waals surface area contributed by atoms with Gasteiger partial charge in [-0.25, -0.2) is 13.6 Å². The Morgan fingerprint density at radius 1 is 1.00 bits per heavy atom. The zero-order valence-corrected chi connectivity index (χ0v) is 14.1. The van der Waals surface area contributed by atoms with Crippen molar-refractivity contribution in [3.63, 3.8) is 0 Å². The second-order valence-corrected chi connectivity index (χ2v) is 5.25. The Morgan fingerprint density at radius 2 is 1.50 bits per heavy atom. The smallest absolute Gasteiger partial charge is 0.340 e. The molecule has 0 radical (unpaired) electrons. The van der Waals surface area contributed by atoms with E-state index < -0.39 is 65.3 Å². The number of carbonyl (C=O) groups excluding carboxylic acids is 3. The van der Waals surface area contributed by atoms with Gasteiger partial charge in [-0.2, -0.15) is 0 Å². The van der Waals surface area contributed by atoms with E-state index in [0.717, 1.165) is 21.0 Å². The fraction of sp³-hybridized carbons (Fsp3) is 0.375. The minimum atomic E-state index is -2.42. The van der Waals surface area contributed by atoms with Crippen molar-refractivity contribution < 1.29 is 47.3 Å². The number of hydrogen-bond acceptors (Lipinski definition) is 7. The number of benzene rings is 1. The standard InChI is InChI=1S/C16H16F2O8/c1-8(19)25-6-16(15(22)23,7-26-9(2)20)11-5-12(17)10(4-13(11)18)14(21)24-3/h4-5H,6-7H2,1-3H3,(H,22,23). The predicted octanol–water partition coefficient (Wildman–Crippen LogP) is 1.20. The van der Waals surface area contributed by atoms with Crippen LogP contribution in [0.15, 0.2) is 12.1 Å². The van der Waals surface area contributed by atoms with Crippen molar-refractivity contribution in [3.8, 4) is 0 Å². The molecule has 26 heavy (non-hydrogen) atoms. The Kier molecular flexibility index (Phi) is 6.76. The van der Waals surface area contributed by atoms with Crippen LogP contribution in [-0.4, -0.2) is 49.3 Å². The maximum Gasteiger partial charge on any atom is 0.340 e. The van der Waals surface area contributed by atoms with Crippen molar-refractivity contribution in [2.45, 2.75) is 19.3 Å². The van der Waals surface area contributed by atoms with Gasteiger partial charge >= 0.3 is 23.9 Å². The van der Waals surface area contributed by atoms with E-state index in [4.69, 9.17) is 0 Å². The van der Waals surface area contributed by atoms with E-state index in [1.165, 1.54) is 0 Å². The summed E-state index contributed by atoms with van der Waals surface area (Å²) in [6.45, 7) is 0.100. The minimum absolute atomic E-state index is 0.454. The van der Waals surface area contributed by atoms with Crippen LogP contribution >= 0.6 is 0 Å². The van der Waals surface area contributed by atoms with Gasteiger partial charge < -0.3 is 19.3 Å². The summed E-state index contributed by atoms with van der Waals surface area (Å²) in [5.74, 6) is -7.22. The van der Waals surface area contributed by atoms with Crippen LogP contribution < -0.4 is 0 Å². The fourth-order valence-electron chi connectivity index (χ4n) is 2.07. The van der Waals surface area contributed by atoms with Crippen molar-refractivity contribution in [2.75, 3.05) is 20.3 Å². The summed E-state index contributed by atoms with van der Waals surface area (Å²) >= 11 is 0. The Bertz CT molecular complexity index is 726.